The highest BCUT2D eigenvalue weighted by molar-refractivity contribution is 5.84. The van der Waals surface area contributed by atoms with Crippen molar-refractivity contribution in [3.63, 3.8) is 0 Å². The third-order valence-electron chi connectivity index (χ3n) is 4.27. The predicted octanol–water partition coefficient (Wildman–Crippen LogP) is 2.35. The number of rotatable bonds is 8. The quantitative estimate of drug-likeness (QED) is 0.542. The Balaban J connectivity index is 1.77. The molecule has 1 aromatic carbocycles. The Bertz CT molecular complexity index is 699. The Morgan fingerprint density at radius 2 is 1.92 bits per heavy atom. The fourth-order valence-corrected chi connectivity index (χ4v) is 2.94. The van der Waals surface area contributed by atoms with Crippen molar-refractivity contribution in [1.82, 2.24) is 14.9 Å². The van der Waals surface area contributed by atoms with Crippen molar-refractivity contribution < 1.29 is 9.47 Å². The van der Waals surface area contributed by atoms with Gasteiger partial charge in [-0.25, -0.2) is 4.98 Å². The van der Waals surface area contributed by atoms with Gasteiger partial charge in [0, 0.05) is 39.3 Å². The van der Waals surface area contributed by atoms with Gasteiger partial charge in [-0.05, 0) is 19.1 Å². The maximum absolute atomic E-state index is 5.89. The highest BCUT2D eigenvalue weighted by Gasteiger charge is 2.20. The van der Waals surface area contributed by atoms with Crippen LogP contribution in [0.4, 0.5) is 5.95 Å². The van der Waals surface area contributed by atoms with Crippen LogP contribution < -0.4 is 9.64 Å². The SMILES string of the molecule is C=CCN1CCN(c2nc(OCCOCC)c3ccccc3n2)CC1. The van der Waals surface area contributed by atoms with E-state index < -0.39 is 0 Å². The lowest BCUT2D eigenvalue weighted by atomic mass is 10.2. The van der Waals surface area contributed by atoms with Crippen LogP contribution in [-0.4, -0.2) is 67.4 Å². The molecular formula is C19H26N4O2. The summed E-state index contributed by atoms with van der Waals surface area (Å²) in [5.74, 6) is 1.37. The second-order valence-electron chi connectivity index (χ2n) is 5.97. The second-order valence-corrected chi connectivity index (χ2v) is 5.97. The second kappa shape index (κ2) is 8.78. The number of fused-ring (bicyclic) bond motifs is 1. The lowest BCUT2D eigenvalue weighted by Crippen LogP contribution is -2.46. The number of nitrogens with zero attached hydrogens (tertiary/aromatic N) is 4. The average molecular weight is 342 g/mol. The first kappa shape index (κ1) is 17.6. The number of hydrogen-bond acceptors (Lipinski definition) is 6. The maximum atomic E-state index is 5.89. The van der Waals surface area contributed by atoms with E-state index in [1.807, 2.05) is 37.3 Å². The van der Waals surface area contributed by atoms with Crippen molar-refractivity contribution in [3.05, 3.63) is 36.9 Å². The molecule has 3 rings (SSSR count). The number of benzene rings is 1. The van der Waals surface area contributed by atoms with Gasteiger partial charge in [0.1, 0.15) is 6.61 Å². The number of hydrogen-bond donors (Lipinski definition) is 0. The molecule has 0 spiro atoms. The summed E-state index contributed by atoms with van der Waals surface area (Å²) in [7, 11) is 0. The van der Waals surface area contributed by atoms with Gasteiger partial charge in [0.15, 0.2) is 0 Å². The normalized spacial score (nSPS) is 15.5. The van der Waals surface area contributed by atoms with Gasteiger partial charge in [-0.1, -0.05) is 18.2 Å². The van der Waals surface area contributed by atoms with Gasteiger partial charge in [0.2, 0.25) is 11.8 Å². The highest BCUT2D eigenvalue weighted by atomic mass is 16.5. The van der Waals surface area contributed by atoms with Crippen LogP contribution >= 0.6 is 0 Å². The summed E-state index contributed by atoms with van der Waals surface area (Å²) in [6, 6.07) is 7.97. The largest absolute Gasteiger partial charge is 0.475 e. The van der Waals surface area contributed by atoms with Crippen molar-refractivity contribution >= 4 is 16.9 Å². The highest BCUT2D eigenvalue weighted by Crippen LogP contribution is 2.25. The fourth-order valence-electron chi connectivity index (χ4n) is 2.94. The molecule has 0 amide bonds. The molecular weight excluding hydrogens is 316 g/mol. The zero-order valence-electron chi connectivity index (χ0n) is 14.9. The van der Waals surface area contributed by atoms with E-state index in [4.69, 9.17) is 19.4 Å². The topological polar surface area (TPSA) is 50.7 Å². The Labute approximate surface area is 149 Å². The zero-order valence-corrected chi connectivity index (χ0v) is 14.9. The molecule has 1 saturated heterocycles. The molecule has 1 aliphatic rings. The smallest absolute Gasteiger partial charge is 0.229 e. The maximum Gasteiger partial charge on any atom is 0.229 e. The molecule has 6 nitrogen and oxygen atoms in total. The summed E-state index contributed by atoms with van der Waals surface area (Å²) < 4.78 is 11.2. The molecule has 0 N–H and O–H groups in total. The fraction of sp³-hybridized carbons (Fsp3) is 0.474. The minimum absolute atomic E-state index is 0.488. The van der Waals surface area contributed by atoms with Gasteiger partial charge in [0.25, 0.3) is 0 Å². The summed E-state index contributed by atoms with van der Waals surface area (Å²) in [6.45, 7) is 12.2. The molecule has 0 atom stereocenters. The van der Waals surface area contributed by atoms with Crippen molar-refractivity contribution in [2.75, 3.05) is 57.4 Å². The molecule has 134 valence electrons. The molecule has 1 aliphatic heterocycles. The first-order valence-electron chi connectivity index (χ1n) is 8.87. The van der Waals surface area contributed by atoms with Gasteiger partial charge in [-0.3, -0.25) is 4.90 Å². The number of ether oxygens (including phenoxy) is 2. The Morgan fingerprint density at radius 3 is 2.68 bits per heavy atom. The van der Waals surface area contributed by atoms with E-state index >= 15 is 0 Å². The van der Waals surface area contributed by atoms with Crippen LogP contribution in [0.15, 0.2) is 36.9 Å². The zero-order chi connectivity index (χ0) is 17.5. The molecule has 6 heteroatoms. The van der Waals surface area contributed by atoms with Gasteiger partial charge in [-0.2, -0.15) is 4.98 Å². The van der Waals surface area contributed by atoms with Crippen molar-refractivity contribution in [1.29, 1.82) is 0 Å². The van der Waals surface area contributed by atoms with Crippen LogP contribution in [0.25, 0.3) is 10.9 Å². The van der Waals surface area contributed by atoms with E-state index in [-0.39, 0.29) is 0 Å². The summed E-state index contributed by atoms with van der Waals surface area (Å²) in [5.41, 5.74) is 0.910. The van der Waals surface area contributed by atoms with E-state index in [1.165, 1.54) is 0 Å². The molecule has 2 heterocycles. The standard InChI is InChI=1S/C19H26N4O2/c1-3-9-22-10-12-23(13-11-22)19-20-17-8-6-5-7-16(17)18(21-19)25-15-14-24-4-2/h3,5-8H,1,4,9-15H2,2H3. The van der Waals surface area contributed by atoms with Crippen LogP contribution in [0.5, 0.6) is 5.88 Å². The molecule has 2 aromatic rings. The van der Waals surface area contributed by atoms with Crippen molar-refractivity contribution in [2.45, 2.75) is 6.92 Å². The molecule has 1 fully saturated rings. The van der Waals surface area contributed by atoms with Crippen molar-refractivity contribution in [2.24, 2.45) is 0 Å². The van der Waals surface area contributed by atoms with Crippen LogP contribution in [0.2, 0.25) is 0 Å². The van der Waals surface area contributed by atoms with Crippen LogP contribution in [0.1, 0.15) is 6.92 Å². The molecule has 0 aliphatic carbocycles. The van der Waals surface area contributed by atoms with Crippen LogP contribution in [-0.2, 0) is 4.74 Å². The van der Waals surface area contributed by atoms with E-state index in [2.05, 4.69) is 16.4 Å². The number of piperazine rings is 1. The van der Waals surface area contributed by atoms with Gasteiger partial charge in [0.05, 0.1) is 17.5 Å². The summed E-state index contributed by atoms with van der Waals surface area (Å²) >= 11 is 0. The predicted molar refractivity (Wildman–Crippen MR) is 100 cm³/mol. The van der Waals surface area contributed by atoms with Crippen LogP contribution in [0.3, 0.4) is 0 Å². The minimum atomic E-state index is 0.488. The monoisotopic (exact) mass is 342 g/mol. The van der Waals surface area contributed by atoms with Gasteiger partial charge < -0.3 is 14.4 Å². The van der Waals surface area contributed by atoms with E-state index in [1.54, 1.807) is 0 Å². The Kier molecular flexibility index (Phi) is 6.19. The number of anilines is 1. The third-order valence-corrected chi connectivity index (χ3v) is 4.27. The van der Waals surface area contributed by atoms with E-state index in [0.29, 0.717) is 25.7 Å². The average Bonchev–Trinajstić information content (AvgIpc) is 2.66. The molecule has 0 saturated carbocycles. The summed E-state index contributed by atoms with van der Waals surface area (Å²) in [5, 5.41) is 0.938. The lowest BCUT2D eigenvalue weighted by molar-refractivity contribution is 0.109. The Hall–Kier alpha value is -2.18. The Morgan fingerprint density at radius 1 is 1.12 bits per heavy atom. The third kappa shape index (κ3) is 4.46. The molecule has 0 unspecified atom stereocenters. The first-order chi connectivity index (χ1) is 12.3. The van der Waals surface area contributed by atoms with E-state index in [0.717, 1.165) is 49.6 Å². The van der Waals surface area contributed by atoms with Crippen molar-refractivity contribution in [3.8, 4) is 5.88 Å². The lowest BCUT2D eigenvalue weighted by Gasteiger charge is -2.34. The molecule has 0 bridgehead atoms. The molecule has 1 aromatic heterocycles. The van der Waals surface area contributed by atoms with Gasteiger partial charge >= 0.3 is 0 Å². The number of aromatic nitrogens is 2. The first-order valence-corrected chi connectivity index (χ1v) is 8.87. The van der Waals surface area contributed by atoms with E-state index in [9.17, 15) is 0 Å². The van der Waals surface area contributed by atoms with Gasteiger partial charge in [-0.15, -0.1) is 6.58 Å². The molecule has 0 radical (unpaired) electrons. The summed E-state index contributed by atoms with van der Waals surface area (Å²) in [4.78, 5) is 14.0. The molecule has 25 heavy (non-hydrogen) atoms. The minimum Gasteiger partial charge on any atom is -0.475 e. The summed E-state index contributed by atoms with van der Waals surface area (Å²) in [6.07, 6.45) is 1.95. The number of para-hydroxylation sites is 1. The van der Waals surface area contributed by atoms with Crippen LogP contribution in [0, 0.1) is 0 Å².